The number of hydrogen-bond donors (Lipinski definition) is 2. The summed E-state index contributed by atoms with van der Waals surface area (Å²) in [5.41, 5.74) is 0. The molecule has 2 rings (SSSR count). The lowest BCUT2D eigenvalue weighted by Crippen LogP contribution is -2.37. The van der Waals surface area contributed by atoms with Gasteiger partial charge in [0.05, 0.1) is 18.8 Å². The normalized spacial score (nSPS) is 23.4. The largest absolute Gasteiger partial charge is 0.462 e. The second-order valence-electron chi connectivity index (χ2n) is 6.30. The topological polar surface area (TPSA) is 103 Å². The number of esters is 1. The van der Waals surface area contributed by atoms with Gasteiger partial charge >= 0.3 is 13.7 Å². The van der Waals surface area contributed by atoms with Gasteiger partial charge in [-0.05, 0) is 39.3 Å². The van der Waals surface area contributed by atoms with Gasteiger partial charge in [-0.3, -0.25) is 9.32 Å². The summed E-state index contributed by atoms with van der Waals surface area (Å²) < 4.78 is 34.5. The third kappa shape index (κ3) is 6.37. The average Bonchev–Trinajstić information content (AvgIpc) is 2.98. The maximum absolute atomic E-state index is 13.1. The molecule has 0 amide bonds. The van der Waals surface area contributed by atoms with Crippen molar-refractivity contribution in [2.45, 2.75) is 51.5 Å². The van der Waals surface area contributed by atoms with Crippen molar-refractivity contribution < 1.29 is 33.0 Å². The molecule has 0 saturated carbocycles. The van der Waals surface area contributed by atoms with Gasteiger partial charge in [0.25, 0.3) is 0 Å². The van der Waals surface area contributed by atoms with Crippen LogP contribution < -0.4 is 9.61 Å². The maximum Gasteiger partial charge on any atom is 0.459 e. The van der Waals surface area contributed by atoms with Crippen LogP contribution in [-0.2, 0) is 23.4 Å². The molecule has 1 aliphatic heterocycles. The van der Waals surface area contributed by atoms with Crippen molar-refractivity contribution in [3.8, 4) is 5.75 Å². The molecule has 2 N–H and O–H groups in total. The summed E-state index contributed by atoms with van der Waals surface area (Å²) in [6.45, 7) is 5.23. The Bertz CT molecular complexity index is 625. The fraction of sp³-hybridized carbons (Fsp3) is 0.588. The molecule has 4 atom stereocenters. The van der Waals surface area contributed by atoms with E-state index in [1.807, 2.05) is 0 Å². The molecule has 1 aromatic rings. The molecule has 1 aliphatic rings. The Kier molecular flexibility index (Phi) is 7.61. The van der Waals surface area contributed by atoms with Gasteiger partial charge in [0, 0.05) is 6.61 Å². The van der Waals surface area contributed by atoms with Gasteiger partial charge in [-0.15, -0.1) is 0 Å². The third-order valence-corrected chi connectivity index (χ3v) is 5.25. The van der Waals surface area contributed by atoms with E-state index < -0.39 is 32.0 Å². The smallest absolute Gasteiger partial charge is 0.459 e. The van der Waals surface area contributed by atoms with E-state index in [1.165, 1.54) is 6.92 Å². The van der Waals surface area contributed by atoms with E-state index >= 15 is 0 Å². The number of aliphatic hydroxyl groups excluding tert-OH is 1. The minimum absolute atomic E-state index is 0.135. The van der Waals surface area contributed by atoms with Gasteiger partial charge in [0.1, 0.15) is 17.9 Å². The van der Waals surface area contributed by atoms with E-state index in [0.29, 0.717) is 18.8 Å². The summed E-state index contributed by atoms with van der Waals surface area (Å²) >= 11 is 0. The number of carbonyl (C=O) groups is 1. The number of hydrogen-bond acceptors (Lipinski definition) is 7. The molecule has 0 aliphatic carbocycles. The Hall–Kier alpha value is -1.44. The highest BCUT2D eigenvalue weighted by Crippen LogP contribution is 2.45. The van der Waals surface area contributed by atoms with E-state index in [9.17, 15) is 14.5 Å². The Balaban J connectivity index is 2.06. The minimum Gasteiger partial charge on any atom is -0.462 e. The predicted molar refractivity (Wildman–Crippen MR) is 94.8 cm³/mol. The fourth-order valence-corrected chi connectivity index (χ4v) is 3.80. The maximum atomic E-state index is 13.1. The van der Waals surface area contributed by atoms with Crippen molar-refractivity contribution in [1.82, 2.24) is 5.09 Å². The lowest BCUT2D eigenvalue weighted by Gasteiger charge is -2.24. The highest BCUT2D eigenvalue weighted by molar-refractivity contribution is 7.52. The number of nitrogens with one attached hydrogen (secondary N) is 1. The summed E-state index contributed by atoms with van der Waals surface area (Å²) in [6, 6.07) is 7.56. The number of aliphatic hydroxyl groups is 1. The molecular weight excluding hydrogens is 361 g/mol. The van der Waals surface area contributed by atoms with Gasteiger partial charge in [0.2, 0.25) is 0 Å². The van der Waals surface area contributed by atoms with E-state index in [0.717, 1.165) is 0 Å². The second kappa shape index (κ2) is 9.48. The zero-order chi connectivity index (χ0) is 19.2. The van der Waals surface area contributed by atoms with Crippen LogP contribution in [0.15, 0.2) is 30.3 Å². The molecule has 8 nitrogen and oxygen atoms in total. The first-order chi connectivity index (χ1) is 12.3. The fourth-order valence-electron chi connectivity index (χ4n) is 2.30. The molecule has 1 saturated heterocycles. The van der Waals surface area contributed by atoms with Crippen molar-refractivity contribution in [2.24, 2.45) is 0 Å². The Labute approximate surface area is 153 Å². The molecule has 1 unspecified atom stereocenters. The van der Waals surface area contributed by atoms with Gasteiger partial charge in [-0.2, -0.15) is 5.09 Å². The van der Waals surface area contributed by atoms with Crippen LogP contribution in [0.4, 0.5) is 0 Å². The van der Waals surface area contributed by atoms with Gasteiger partial charge in [0.15, 0.2) is 0 Å². The summed E-state index contributed by atoms with van der Waals surface area (Å²) in [4.78, 5) is 12.0. The van der Waals surface area contributed by atoms with Crippen LogP contribution in [0.2, 0.25) is 0 Å². The molecule has 0 aromatic heterocycles. The zero-order valence-corrected chi connectivity index (χ0v) is 16.1. The molecule has 0 bridgehead atoms. The van der Waals surface area contributed by atoms with Crippen molar-refractivity contribution in [2.75, 3.05) is 13.2 Å². The molecular formula is C17H26NO7P. The standard InChI is InChI=1S/C17H26NO7P/c1-12(2)24-17(20)13(3)18-26(21,25-14-7-5-4-6-8-14)23-11-16-15(19)9-10-22-16/h4-8,12-13,15-16,19H,9-11H2,1-3H3,(H,18,21)/t13-,15+,16+,26?/m0/s1. The molecule has 1 heterocycles. The third-order valence-electron chi connectivity index (χ3n) is 3.61. The molecule has 0 spiro atoms. The number of rotatable bonds is 9. The van der Waals surface area contributed by atoms with E-state index in [4.69, 9.17) is 18.5 Å². The quantitative estimate of drug-likeness (QED) is 0.491. The molecule has 9 heteroatoms. The highest BCUT2D eigenvalue weighted by atomic mass is 31.2. The van der Waals surface area contributed by atoms with Crippen LogP contribution >= 0.6 is 7.75 Å². The Morgan fingerprint density at radius 2 is 2.04 bits per heavy atom. The Morgan fingerprint density at radius 1 is 1.35 bits per heavy atom. The predicted octanol–water partition coefficient (Wildman–Crippen LogP) is 2.27. The number of ether oxygens (including phenoxy) is 2. The zero-order valence-electron chi connectivity index (χ0n) is 15.2. The second-order valence-corrected chi connectivity index (χ2v) is 7.99. The SMILES string of the molecule is CC(C)OC(=O)[C@H](C)NP(=O)(OC[C@H]1OCC[C@H]1O)Oc1ccccc1. The van der Waals surface area contributed by atoms with Crippen LogP contribution in [0, 0.1) is 0 Å². The Morgan fingerprint density at radius 3 is 2.62 bits per heavy atom. The lowest BCUT2D eigenvalue weighted by atomic mass is 10.2. The van der Waals surface area contributed by atoms with Crippen molar-refractivity contribution in [3.05, 3.63) is 30.3 Å². The monoisotopic (exact) mass is 387 g/mol. The first-order valence-corrected chi connectivity index (χ1v) is 10.1. The molecule has 146 valence electrons. The minimum atomic E-state index is -3.92. The van der Waals surface area contributed by atoms with Crippen molar-refractivity contribution in [1.29, 1.82) is 0 Å². The van der Waals surface area contributed by atoms with Crippen molar-refractivity contribution >= 4 is 13.7 Å². The van der Waals surface area contributed by atoms with Crippen LogP contribution in [0.5, 0.6) is 5.75 Å². The molecule has 1 fully saturated rings. The van der Waals surface area contributed by atoms with Crippen molar-refractivity contribution in [3.63, 3.8) is 0 Å². The molecule has 26 heavy (non-hydrogen) atoms. The highest BCUT2D eigenvalue weighted by Gasteiger charge is 2.35. The van der Waals surface area contributed by atoms with Gasteiger partial charge in [-0.1, -0.05) is 18.2 Å². The summed E-state index contributed by atoms with van der Waals surface area (Å²) in [5, 5.41) is 12.4. The first kappa shape index (κ1) is 20.9. The van der Waals surface area contributed by atoms with E-state index in [-0.39, 0.29) is 12.7 Å². The van der Waals surface area contributed by atoms with E-state index in [2.05, 4.69) is 5.09 Å². The van der Waals surface area contributed by atoms with Crippen LogP contribution in [0.25, 0.3) is 0 Å². The first-order valence-electron chi connectivity index (χ1n) is 8.56. The summed E-state index contributed by atoms with van der Waals surface area (Å²) in [7, 11) is -3.92. The van der Waals surface area contributed by atoms with Crippen LogP contribution in [-0.4, -0.2) is 48.6 Å². The molecule has 0 radical (unpaired) electrons. The van der Waals surface area contributed by atoms with Gasteiger partial charge < -0.3 is 19.1 Å². The lowest BCUT2D eigenvalue weighted by molar-refractivity contribution is -0.149. The number of para-hydroxylation sites is 1. The van der Waals surface area contributed by atoms with E-state index in [1.54, 1.807) is 44.2 Å². The molecule has 1 aromatic carbocycles. The number of benzene rings is 1. The van der Waals surface area contributed by atoms with Crippen LogP contribution in [0.1, 0.15) is 27.2 Å². The average molecular weight is 387 g/mol. The van der Waals surface area contributed by atoms with Crippen LogP contribution in [0.3, 0.4) is 0 Å². The summed E-state index contributed by atoms with van der Waals surface area (Å²) in [6.07, 6.45) is -1.10. The summed E-state index contributed by atoms with van der Waals surface area (Å²) in [5.74, 6) is -0.252. The van der Waals surface area contributed by atoms with Gasteiger partial charge in [-0.25, -0.2) is 4.57 Å². The number of carbonyl (C=O) groups excluding carboxylic acids is 1.